The highest BCUT2D eigenvalue weighted by atomic mass is 19.4. The topological polar surface area (TPSA) is 60.2 Å². The van der Waals surface area contributed by atoms with Crippen LogP contribution in [0.4, 0.5) is 13.2 Å². The predicted molar refractivity (Wildman–Crippen MR) is 102 cm³/mol. The van der Waals surface area contributed by atoms with Gasteiger partial charge in [-0.15, -0.1) is 5.10 Å². The van der Waals surface area contributed by atoms with Crippen molar-refractivity contribution in [3.05, 3.63) is 77.1 Å². The maximum atomic E-state index is 12.9. The zero-order chi connectivity index (χ0) is 21.3. The van der Waals surface area contributed by atoms with Gasteiger partial charge in [0.05, 0.1) is 24.8 Å². The molecule has 0 bridgehead atoms. The molecule has 0 spiro atoms. The number of aromatic nitrogens is 3. The number of amides is 1. The molecule has 1 atom stereocenters. The summed E-state index contributed by atoms with van der Waals surface area (Å²) in [4.78, 5) is 14.2. The summed E-state index contributed by atoms with van der Waals surface area (Å²) < 4.78 is 45.8. The van der Waals surface area contributed by atoms with Crippen molar-refractivity contribution < 1.29 is 22.7 Å². The molecule has 0 N–H and O–H groups in total. The Balaban J connectivity index is 1.38. The molecule has 9 heteroatoms. The van der Waals surface area contributed by atoms with Gasteiger partial charge in [-0.1, -0.05) is 35.5 Å². The molecule has 0 aliphatic carbocycles. The van der Waals surface area contributed by atoms with Crippen LogP contribution in [0.5, 0.6) is 5.75 Å². The molecule has 0 saturated heterocycles. The van der Waals surface area contributed by atoms with Gasteiger partial charge >= 0.3 is 6.18 Å². The van der Waals surface area contributed by atoms with Crippen molar-refractivity contribution in [1.82, 2.24) is 19.9 Å². The van der Waals surface area contributed by atoms with Gasteiger partial charge in [-0.2, -0.15) is 13.2 Å². The summed E-state index contributed by atoms with van der Waals surface area (Å²) in [6, 6.07) is 12.7. The number of benzene rings is 2. The molecule has 2 heterocycles. The number of fused-ring (bicyclic) bond motifs is 1. The van der Waals surface area contributed by atoms with E-state index in [1.807, 2.05) is 24.3 Å². The second-order valence-corrected chi connectivity index (χ2v) is 7.24. The van der Waals surface area contributed by atoms with E-state index in [4.69, 9.17) is 4.74 Å². The van der Waals surface area contributed by atoms with Crippen LogP contribution in [-0.2, 0) is 19.1 Å². The van der Waals surface area contributed by atoms with Gasteiger partial charge in [0.2, 0.25) is 0 Å². The highest BCUT2D eigenvalue weighted by molar-refractivity contribution is 5.91. The molecule has 0 radical (unpaired) electrons. The molecule has 30 heavy (non-hydrogen) atoms. The monoisotopic (exact) mass is 416 g/mol. The van der Waals surface area contributed by atoms with E-state index in [0.29, 0.717) is 12.1 Å². The first-order chi connectivity index (χ1) is 14.3. The fourth-order valence-electron chi connectivity index (χ4n) is 3.45. The SMILES string of the molecule is CN(CC1Cc2ccccc2O1)C(=O)c1cn(Cc2cccc(C(F)(F)F)c2)nn1. The normalized spacial score (nSPS) is 15.5. The molecule has 156 valence electrons. The number of halogens is 3. The number of hydrogen-bond acceptors (Lipinski definition) is 4. The molecule has 0 saturated carbocycles. The van der Waals surface area contributed by atoms with Gasteiger partial charge in [0.15, 0.2) is 5.69 Å². The Morgan fingerprint density at radius 2 is 2.03 bits per heavy atom. The van der Waals surface area contributed by atoms with E-state index in [-0.39, 0.29) is 24.2 Å². The number of ether oxygens (including phenoxy) is 1. The first-order valence-corrected chi connectivity index (χ1v) is 9.36. The van der Waals surface area contributed by atoms with Gasteiger partial charge in [-0.25, -0.2) is 4.68 Å². The molecule has 1 amide bonds. The smallest absolute Gasteiger partial charge is 0.416 e. The lowest BCUT2D eigenvalue weighted by atomic mass is 10.1. The standard InChI is InChI=1S/C21H19F3N4O2/c1-27(12-17-10-15-6-2-3-8-19(15)30-17)20(29)18-13-28(26-25-18)11-14-5-4-7-16(9-14)21(22,23)24/h2-9,13,17H,10-12H2,1H3. The van der Waals surface area contributed by atoms with E-state index in [1.165, 1.54) is 21.8 Å². The molecule has 0 fully saturated rings. The number of para-hydroxylation sites is 1. The van der Waals surface area contributed by atoms with Crippen LogP contribution in [0.25, 0.3) is 0 Å². The van der Waals surface area contributed by atoms with Crippen molar-refractivity contribution in [2.75, 3.05) is 13.6 Å². The largest absolute Gasteiger partial charge is 0.488 e. The third-order valence-corrected chi connectivity index (χ3v) is 4.89. The highest BCUT2D eigenvalue weighted by Crippen LogP contribution is 2.30. The van der Waals surface area contributed by atoms with Crippen molar-refractivity contribution in [2.24, 2.45) is 0 Å². The van der Waals surface area contributed by atoms with E-state index in [9.17, 15) is 18.0 Å². The van der Waals surface area contributed by atoms with Crippen molar-refractivity contribution >= 4 is 5.91 Å². The molecule has 4 rings (SSSR count). The summed E-state index contributed by atoms with van der Waals surface area (Å²) in [7, 11) is 1.65. The molecule has 3 aromatic rings. The number of rotatable bonds is 5. The number of nitrogens with zero attached hydrogens (tertiary/aromatic N) is 4. The Bertz CT molecular complexity index is 1040. The van der Waals surface area contributed by atoms with Gasteiger partial charge in [-0.05, 0) is 29.3 Å². The first-order valence-electron chi connectivity index (χ1n) is 9.36. The summed E-state index contributed by atoms with van der Waals surface area (Å²) in [5, 5.41) is 7.75. The molecule has 1 aliphatic rings. The van der Waals surface area contributed by atoms with Crippen LogP contribution in [0.3, 0.4) is 0 Å². The molecule has 1 unspecified atom stereocenters. The molecule has 1 aliphatic heterocycles. The quantitative estimate of drug-likeness (QED) is 0.640. The van der Waals surface area contributed by atoms with E-state index >= 15 is 0 Å². The van der Waals surface area contributed by atoms with Crippen LogP contribution in [0.15, 0.2) is 54.7 Å². The van der Waals surface area contributed by atoms with Crippen LogP contribution in [0.2, 0.25) is 0 Å². The number of carbonyl (C=O) groups excluding carboxylic acids is 1. The fraction of sp³-hybridized carbons (Fsp3) is 0.286. The van der Waals surface area contributed by atoms with Crippen molar-refractivity contribution in [1.29, 1.82) is 0 Å². The third kappa shape index (κ3) is 4.29. The van der Waals surface area contributed by atoms with E-state index in [2.05, 4.69) is 10.3 Å². The Kier molecular flexibility index (Phi) is 5.19. The third-order valence-electron chi connectivity index (χ3n) is 4.89. The van der Waals surface area contributed by atoms with Crippen LogP contribution in [0.1, 0.15) is 27.2 Å². The Labute approximate surface area is 170 Å². The van der Waals surface area contributed by atoms with Gasteiger partial charge in [0, 0.05) is 13.5 Å². The second-order valence-electron chi connectivity index (χ2n) is 7.24. The minimum atomic E-state index is -4.41. The van der Waals surface area contributed by atoms with Gasteiger partial charge in [0.25, 0.3) is 5.91 Å². The molecular formula is C21H19F3N4O2. The van der Waals surface area contributed by atoms with Crippen LogP contribution < -0.4 is 4.74 Å². The van der Waals surface area contributed by atoms with Gasteiger partial charge in [-0.3, -0.25) is 4.79 Å². The summed E-state index contributed by atoms with van der Waals surface area (Å²) >= 11 is 0. The highest BCUT2D eigenvalue weighted by Gasteiger charge is 2.30. The second kappa shape index (κ2) is 7.81. The Morgan fingerprint density at radius 3 is 2.80 bits per heavy atom. The van der Waals surface area contributed by atoms with Gasteiger partial charge < -0.3 is 9.64 Å². The van der Waals surface area contributed by atoms with Crippen molar-refractivity contribution in [3.8, 4) is 5.75 Å². The Morgan fingerprint density at radius 1 is 1.23 bits per heavy atom. The lowest BCUT2D eigenvalue weighted by molar-refractivity contribution is -0.137. The van der Waals surface area contributed by atoms with Gasteiger partial charge in [0.1, 0.15) is 11.9 Å². The minimum absolute atomic E-state index is 0.0783. The summed E-state index contributed by atoms with van der Waals surface area (Å²) in [6.07, 6.45) is -2.40. The summed E-state index contributed by atoms with van der Waals surface area (Å²) in [6.45, 7) is 0.461. The fourth-order valence-corrected chi connectivity index (χ4v) is 3.45. The molecule has 6 nitrogen and oxygen atoms in total. The minimum Gasteiger partial charge on any atom is -0.488 e. The average molecular weight is 416 g/mol. The maximum absolute atomic E-state index is 12.9. The van der Waals surface area contributed by atoms with Crippen LogP contribution in [-0.4, -0.2) is 45.5 Å². The predicted octanol–water partition coefficient (Wildman–Crippen LogP) is 3.42. The van der Waals surface area contributed by atoms with E-state index in [1.54, 1.807) is 13.1 Å². The summed E-state index contributed by atoms with van der Waals surface area (Å²) in [5.74, 6) is 0.500. The zero-order valence-corrected chi connectivity index (χ0v) is 16.1. The molecule has 2 aromatic carbocycles. The first kappa shape index (κ1) is 19.9. The van der Waals surface area contributed by atoms with Crippen LogP contribution in [0, 0.1) is 0 Å². The van der Waals surface area contributed by atoms with E-state index in [0.717, 1.165) is 29.9 Å². The maximum Gasteiger partial charge on any atom is 0.416 e. The van der Waals surface area contributed by atoms with Crippen molar-refractivity contribution in [3.63, 3.8) is 0 Å². The van der Waals surface area contributed by atoms with Crippen molar-refractivity contribution in [2.45, 2.75) is 25.2 Å². The summed E-state index contributed by atoms with van der Waals surface area (Å²) in [5.41, 5.74) is 0.920. The number of likely N-dealkylation sites (N-methyl/N-ethyl adjacent to an activating group) is 1. The van der Waals surface area contributed by atoms with E-state index < -0.39 is 11.7 Å². The molecule has 1 aromatic heterocycles. The average Bonchev–Trinajstić information content (AvgIpc) is 3.33. The lowest BCUT2D eigenvalue weighted by Crippen LogP contribution is -2.36. The number of hydrogen-bond donors (Lipinski definition) is 0. The van der Waals surface area contributed by atoms with Crippen LogP contribution >= 0.6 is 0 Å². The lowest BCUT2D eigenvalue weighted by Gasteiger charge is -2.20. The Hall–Kier alpha value is -3.36. The number of alkyl halides is 3. The number of carbonyl (C=O) groups is 1. The molecular weight excluding hydrogens is 397 g/mol. The zero-order valence-electron chi connectivity index (χ0n) is 16.1.